The molecule has 0 bridgehead atoms. The molecule has 21 heavy (non-hydrogen) atoms. The summed E-state index contributed by atoms with van der Waals surface area (Å²) in [7, 11) is 0. The van der Waals surface area contributed by atoms with Gasteiger partial charge in [-0.25, -0.2) is 4.98 Å². The van der Waals surface area contributed by atoms with Crippen molar-refractivity contribution >= 4 is 11.6 Å². The molecule has 3 nitrogen and oxygen atoms in total. The summed E-state index contributed by atoms with van der Waals surface area (Å²) in [6, 6.07) is 10.2. The van der Waals surface area contributed by atoms with E-state index < -0.39 is 22.6 Å². The Morgan fingerprint density at radius 2 is 1.71 bits per heavy atom. The standard InChI is InChI=1S/C14H12ClF3N2O/c15-12-10(6-7-11(20-12)14(16,17)18)13(21,8-19)9-4-2-1-3-5-9/h1-7,21H,8,19H2. The third-order valence-electron chi connectivity index (χ3n) is 3.13. The molecule has 0 radical (unpaired) electrons. The Bertz CT molecular complexity index is 634. The highest BCUT2D eigenvalue weighted by Gasteiger charge is 2.37. The van der Waals surface area contributed by atoms with Crippen LogP contribution in [-0.2, 0) is 11.8 Å². The smallest absolute Gasteiger partial charge is 0.379 e. The lowest BCUT2D eigenvalue weighted by Gasteiger charge is -2.28. The molecule has 0 amide bonds. The SMILES string of the molecule is NCC(O)(c1ccccc1)c1ccc(C(F)(F)F)nc1Cl. The Morgan fingerprint density at radius 3 is 2.19 bits per heavy atom. The number of pyridine rings is 1. The van der Waals surface area contributed by atoms with E-state index in [0.717, 1.165) is 12.1 Å². The number of aromatic nitrogens is 1. The number of hydrogen-bond acceptors (Lipinski definition) is 3. The van der Waals surface area contributed by atoms with E-state index in [9.17, 15) is 18.3 Å². The van der Waals surface area contributed by atoms with Crippen molar-refractivity contribution < 1.29 is 18.3 Å². The second kappa shape index (κ2) is 5.63. The average Bonchev–Trinajstić information content (AvgIpc) is 2.46. The van der Waals surface area contributed by atoms with Gasteiger partial charge in [-0.15, -0.1) is 0 Å². The van der Waals surface area contributed by atoms with Crippen LogP contribution in [0.1, 0.15) is 16.8 Å². The minimum absolute atomic E-state index is 0.0332. The minimum atomic E-state index is -4.60. The molecule has 7 heteroatoms. The maximum atomic E-state index is 12.6. The quantitative estimate of drug-likeness (QED) is 0.856. The highest BCUT2D eigenvalue weighted by atomic mass is 35.5. The van der Waals surface area contributed by atoms with Gasteiger partial charge in [0.2, 0.25) is 0 Å². The van der Waals surface area contributed by atoms with Crippen LogP contribution in [0.2, 0.25) is 5.15 Å². The van der Waals surface area contributed by atoms with Crippen LogP contribution in [0.15, 0.2) is 42.5 Å². The number of benzene rings is 1. The normalized spacial score (nSPS) is 14.8. The van der Waals surface area contributed by atoms with Gasteiger partial charge in [-0.3, -0.25) is 0 Å². The second-order valence-corrected chi connectivity index (χ2v) is 4.82. The van der Waals surface area contributed by atoms with E-state index in [1.807, 2.05) is 0 Å². The van der Waals surface area contributed by atoms with Crippen molar-refractivity contribution in [3.05, 3.63) is 64.4 Å². The lowest BCUT2D eigenvalue weighted by Crippen LogP contribution is -2.36. The summed E-state index contributed by atoms with van der Waals surface area (Å²) in [4.78, 5) is 3.31. The zero-order valence-electron chi connectivity index (χ0n) is 10.7. The van der Waals surface area contributed by atoms with Crippen molar-refractivity contribution in [3.8, 4) is 0 Å². The number of alkyl halides is 3. The maximum Gasteiger partial charge on any atom is 0.433 e. The first-order valence-electron chi connectivity index (χ1n) is 6.01. The van der Waals surface area contributed by atoms with Crippen LogP contribution < -0.4 is 5.73 Å². The van der Waals surface area contributed by atoms with Crippen molar-refractivity contribution in [2.45, 2.75) is 11.8 Å². The Morgan fingerprint density at radius 1 is 1.10 bits per heavy atom. The zero-order valence-corrected chi connectivity index (χ0v) is 11.5. The summed E-state index contributed by atoms with van der Waals surface area (Å²) in [5, 5.41) is 10.3. The predicted molar refractivity (Wildman–Crippen MR) is 72.7 cm³/mol. The first kappa shape index (κ1) is 15.8. The molecule has 0 saturated carbocycles. The fourth-order valence-corrected chi connectivity index (χ4v) is 2.31. The van der Waals surface area contributed by atoms with Gasteiger partial charge in [-0.05, 0) is 11.6 Å². The van der Waals surface area contributed by atoms with E-state index in [4.69, 9.17) is 17.3 Å². The van der Waals surface area contributed by atoms with Crippen molar-refractivity contribution in [3.63, 3.8) is 0 Å². The largest absolute Gasteiger partial charge is 0.433 e. The molecule has 0 aliphatic heterocycles. The predicted octanol–water partition coefficient (Wildman–Crippen LogP) is 2.95. The molecule has 0 aliphatic rings. The number of hydrogen-bond donors (Lipinski definition) is 2. The van der Waals surface area contributed by atoms with E-state index in [2.05, 4.69) is 4.98 Å². The molecule has 1 aromatic carbocycles. The Labute approximate surface area is 124 Å². The van der Waals surface area contributed by atoms with Gasteiger partial charge in [0.15, 0.2) is 0 Å². The van der Waals surface area contributed by atoms with E-state index >= 15 is 0 Å². The average molecular weight is 317 g/mol. The fourth-order valence-electron chi connectivity index (χ4n) is 2.00. The first-order valence-corrected chi connectivity index (χ1v) is 6.39. The molecule has 112 valence electrons. The number of rotatable bonds is 3. The summed E-state index contributed by atoms with van der Waals surface area (Å²) in [5.41, 5.74) is 3.24. The topological polar surface area (TPSA) is 59.1 Å². The van der Waals surface area contributed by atoms with Crippen molar-refractivity contribution in [1.29, 1.82) is 0 Å². The Balaban J connectivity index is 2.54. The van der Waals surface area contributed by atoms with Gasteiger partial charge >= 0.3 is 6.18 Å². The van der Waals surface area contributed by atoms with Gasteiger partial charge < -0.3 is 10.8 Å². The molecule has 2 rings (SSSR count). The Hall–Kier alpha value is -1.63. The zero-order chi connectivity index (χ0) is 15.7. The first-order chi connectivity index (χ1) is 9.79. The molecule has 3 N–H and O–H groups in total. The third kappa shape index (κ3) is 3.02. The molecule has 0 saturated heterocycles. The van der Waals surface area contributed by atoms with Crippen molar-refractivity contribution in [1.82, 2.24) is 4.98 Å². The van der Waals surface area contributed by atoms with Crippen molar-refractivity contribution in [2.75, 3.05) is 6.54 Å². The van der Waals surface area contributed by atoms with Gasteiger partial charge in [0.25, 0.3) is 0 Å². The van der Waals surface area contributed by atoms with Crippen LogP contribution in [0.3, 0.4) is 0 Å². The van der Waals surface area contributed by atoms with Gasteiger partial charge in [0.05, 0.1) is 0 Å². The van der Waals surface area contributed by atoms with Gasteiger partial charge in [-0.2, -0.15) is 13.2 Å². The van der Waals surface area contributed by atoms with Gasteiger partial charge in [0, 0.05) is 12.1 Å². The number of aliphatic hydroxyl groups is 1. The van der Waals surface area contributed by atoms with Crippen LogP contribution in [0.4, 0.5) is 13.2 Å². The molecule has 2 aromatic rings. The monoisotopic (exact) mass is 316 g/mol. The van der Waals surface area contributed by atoms with Gasteiger partial charge in [0.1, 0.15) is 16.4 Å². The number of nitrogens with zero attached hydrogens (tertiary/aromatic N) is 1. The molecule has 0 aliphatic carbocycles. The van der Waals surface area contributed by atoms with Gasteiger partial charge in [-0.1, -0.05) is 48.0 Å². The summed E-state index contributed by atoms with van der Waals surface area (Å²) >= 11 is 5.82. The Kier molecular flexibility index (Phi) is 4.22. The van der Waals surface area contributed by atoms with E-state index in [-0.39, 0.29) is 12.1 Å². The molecular weight excluding hydrogens is 305 g/mol. The van der Waals surface area contributed by atoms with E-state index in [1.54, 1.807) is 30.3 Å². The minimum Gasteiger partial charge on any atom is -0.379 e. The summed E-state index contributed by atoms with van der Waals surface area (Å²) in [6.07, 6.45) is -4.60. The highest BCUT2D eigenvalue weighted by molar-refractivity contribution is 6.30. The number of halogens is 4. The van der Waals surface area contributed by atoms with E-state index in [0.29, 0.717) is 5.56 Å². The molecule has 1 heterocycles. The lowest BCUT2D eigenvalue weighted by molar-refractivity contribution is -0.141. The summed E-state index contributed by atoms with van der Waals surface area (Å²) in [5.74, 6) is 0. The van der Waals surface area contributed by atoms with Crippen LogP contribution in [0.5, 0.6) is 0 Å². The molecule has 1 aromatic heterocycles. The fraction of sp³-hybridized carbons (Fsp3) is 0.214. The molecular formula is C14H12ClF3N2O. The van der Waals surface area contributed by atoms with Crippen LogP contribution in [-0.4, -0.2) is 16.6 Å². The molecule has 1 atom stereocenters. The highest BCUT2D eigenvalue weighted by Crippen LogP contribution is 2.35. The van der Waals surface area contributed by atoms with Crippen LogP contribution in [0, 0.1) is 0 Å². The van der Waals surface area contributed by atoms with Crippen molar-refractivity contribution in [2.24, 2.45) is 5.73 Å². The molecule has 0 spiro atoms. The van der Waals surface area contributed by atoms with Crippen LogP contribution in [0.25, 0.3) is 0 Å². The molecule has 0 fully saturated rings. The van der Waals surface area contributed by atoms with E-state index in [1.165, 1.54) is 0 Å². The maximum absolute atomic E-state index is 12.6. The summed E-state index contributed by atoms with van der Waals surface area (Å²) in [6.45, 7) is -0.246. The third-order valence-corrected chi connectivity index (χ3v) is 3.42. The lowest BCUT2D eigenvalue weighted by atomic mass is 9.87. The number of nitrogens with two attached hydrogens (primary N) is 1. The summed E-state index contributed by atoms with van der Waals surface area (Å²) < 4.78 is 37.8. The second-order valence-electron chi connectivity index (χ2n) is 4.46. The molecule has 1 unspecified atom stereocenters. The van der Waals surface area contributed by atoms with Crippen LogP contribution >= 0.6 is 11.6 Å².